The minimum atomic E-state index is -1.94. The monoisotopic (exact) mass is 835 g/mol. The number of ketones is 2. The van der Waals surface area contributed by atoms with Crippen molar-refractivity contribution < 1.29 is 58.7 Å². The molecule has 0 saturated carbocycles. The number of aliphatic hydroxyl groups is 2. The third-order valence-corrected chi connectivity index (χ3v) is 12.0. The van der Waals surface area contributed by atoms with Gasteiger partial charge in [-0.3, -0.25) is 24.2 Å². The van der Waals surface area contributed by atoms with Gasteiger partial charge >= 0.3 is 5.97 Å². The molecule has 0 aromatic heterocycles. The fourth-order valence-corrected chi connectivity index (χ4v) is 8.04. The minimum Gasteiger partial charge on any atom is -0.507 e. The number of aromatic hydroxyl groups is 1. The van der Waals surface area contributed by atoms with Crippen molar-refractivity contribution in [3.8, 4) is 11.5 Å². The maximum Gasteiger partial charge on any atom is 0.302 e. The van der Waals surface area contributed by atoms with Gasteiger partial charge in [0.2, 0.25) is 5.78 Å². The number of phenols is 1. The second-order valence-corrected chi connectivity index (χ2v) is 16.2. The molecule has 1 aliphatic carbocycles. The van der Waals surface area contributed by atoms with Crippen molar-refractivity contribution in [2.75, 3.05) is 40.3 Å². The number of fused-ring (bicyclic) bond motifs is 14. The highest BCUT2D eigenvalue weighted by Crippen LogP contribution is 2.49. The SMILES string of the molecule is CO[C@H]1/C=C/O[C@@]2(C)Oc3c(C)c(O)c4c(c3/C2=N/O)C(=O)C(/C=N/N2CCN(C)CC2)=C(NC(=O)/C(C)=C\C=C\[C@H](C)[C@H](O)[C@@H](C)[C@@H](O)[C@@H](C)[C@H](OC(C)=O)[C@@H]1C)C4=O. The van der Waals surface area contributed by atoms with E-state index in [0.29, 0.717) is 26.2 Å². The number of carbonyl (C=O) groups is 4. The van der Waals surface area contributed by atoms with Crippen LogP contribution in [0.1, 0.15) is 80.3 Å². The molecule has 1 amide bonds. The van der Waals surface area contributed by atoms with Crippen LogP contribution < -0.4 is 10.1 Å². The predicted molar refractivity (Wildman–Crippen MR) is 220 cm³/mol. The van der Waals surface area contributed by atoms with Crippen molar-refractivity contribution in [1.29, 1.82) is 0 Å². The lowest BCUT2D eigenvalue weighted by Gasteiger charge is -2.38. The van der Waals surface area contributed by atoms with Crippen molar-refractivity contribution >= 4 is 35.4 Å². The van der Waals surface area contributed by atoms with Crippen molar-refractivity contribution in [2.45, 2.75) is 85.6 Å². The second kappa shape index (κ2) is 18.5. The fraction of sp³-hybridized carbons (Fsp3) is 0.535. The molecule has 1 saturated heterocycles. The number of oxime groups is 1. The Kier molecular flexibility index (Phi) is 14.1. The Labute approximate surface area is 349 Å². The van der Waals surface area contributed by atoms with Crippen LogP contribution in [0.15, 0.2) is 57.7 Å². The lowest BCUT2D eigenvalue weighted by atomic mass is 9.78. The number of likely N-dealkylation sites (N-methyl/N-ethyl adjacent to an activating group) is 1. The second-order valence-electron chi connectivity index (χ2n) is 16.2. The molecule has 5 aliphatic rings. The topological polar surface area (TPSA) is 229 Å². The zero-order chi connectivity index (χ0) is 44.4. The van der Waals surface area contributed by atoms with Crippen molar-refractivity contribution in [3.05, 3.63) is 69.7 Å². The van der Waals surface area contributed by atoms with Crippen LogP contribution in [0.2, 0.25) is 0 Å². The average Bonchev–Trinajstić information content (AvgIpc) is 3.51. The molecule has 1 aromatic rings. The largest absolute Gasteiger partial charge is 0.507 e. The number of phenolic OH excluding ortho intramolecular Hbond substituents is 1. The molecule has 4 aliphatic heterocycles. The van der Waals surface area contributed by atoms with Crippen LogP contribution in [0.25, 0.3) is 0 Å². The van der Waals surface area contributed by atoms with E-state index in [1.165, 1.54) is 59.4 Å². The van der Waals surface area contributed by atoms with Crippen LogP contribution in [0.3, 0.4) is 0 Å². The van der Waals surface area contributed by atoms with Crippen molar-refractivity contribution in [3.63, 3.8) is 0 Å². The number of esters is 1. The Bertz CT molecular complexity index is 2070. The molecule has 326 valence electrons. The molecular weight excluding hydrogens is 778 g/mol. The van der Waals surface area contributed by atoms with Crippen LogP contribution >= 0.6 is 0 Å². The summed E-state index contributed by atoms with van der Waals surface area (Å²) >= 11 is 0. The van der Waals surface area contributed by atoms with Gasteiger partial charge in [0.15, 0.2) is 11.5 Å². The van der Waals surface area contributed by atoms with E-state index in [1.54, 1.807) is 44.9 Å². The van der Waals surface area contributed by atoms with Crippen molar-refractivity contribution in [2.24, 2.45) is 33.9 Å². The molecule has 5 bridgehead atoms. The molecule has 1 aromatic carbocycles. The minimum absolute atomic E-state index is 0.0278. The summed E-state index contributed by atoms with van der Waals surface area (Å²) in [4.78, 5) is 57.5. The summed E-state index contributed by atoms with van der Waals surface area (Å²) in [6.45, 7) is 14.9. The fourth-order valence-electron chi connectivity index (χ4n) is 8.04. The van der Waals surface area contributed by atoms with Crippen LogP contribution in [0, 0.1) is 30.6 Å². The normalized spacial score (nSPS) is 33.6. The molecule has 5 N–H and O–H groups in total. The first-order valence-electron chi connectivity index (χ1n) is 20.0. The molecule has 1 fully saturated rings. The van der Waals surface area contributed by atoms with Gasteiger partial charge in [0, 0.05) is 81.9 Å². The number of benzene rings is 1. The number of nitrogens with zero attached hydrogens (tertiary/aromatic N) is 4. The first kappa shape index (κ1) is 45.7. The molecule has 4 heterocycles. The Morgan fingerprint density at radius 3 is 2.25 bits per heavy atom. The summed E-state index contributed by atoms with van der Waals surface area (Å²) < 4.78 is 23.8. The number of piperazine rings is 1. The lowest BCUT2D eigenvalue weighted by Crippen LogP contribution is -2.46. The number of aliphatic hydroxyl groups excluding tert-OH is 2. The highest BCUT2D eigenvalue weighted by Gasteiger charge is 2.51. The maximum absolute atomic E-state index is 14.8. The molecule has 17 heteroatoms. The highest BCUT2D eigenvalue weighted by molar-refractivity contribution is 6.38. The van der Waals surface area contributed by atoms with E-state index in [0.717, 1.165) is 0 Å². The molecule has 60 heavy (non-hydrogen) atoms. The van der Waals surface area contributed by atoms with Gasteiger partial charge in [-0.2, -0.15) is 5.10 Å². The first-order valence-corrected chi connectivity index (χ1v) is 20.0. The Morgan fingerprint density at radius 2 is 1.63 bits per heavy atom. The van der Waals surface area contributed by atoms with Gasteiger partial charge in [0.1, 0.15) is 23.3 Å². The molecule has 0 radical (unpaired) electrons. The summed E-state index contributed by atoms with van der Waals surface area (Å²) in [7, 11) is 3.40. The van der Waals surface area contributed by atoms with Gasteiger partial charge < -0.3 is 49.7 Å². The van der Waals surface area contributed by atoms with Crippen LogP contribution in [0.4, 0.5) is 0 Å². The zero-order valence-corrected chi connectivity index (χ0v) is 35.8. The van der Waals surface area contributed by atoms with Crippen LogP contribution in [-0.4, -0.2) is 136 Å². The van der Waals surface area contributed by atoms with Gasteiger partial charge in [-0.05, 0) is 27.0 Å². The number of carbonyl (C=O) groups excluding carboxylic acids is 4. The summed E-state index contributed by atoms with van der Waals surface area (Å²) in [5, 5.41) is 57.3. The molecule has 9 atom stereocenters. The number of nitrogens with one attached hydrogen (secondary N) is 1. The van der Waals surface area contributed by atoms with E-state index in [1.807, 2.05) is 7.05 Å². The number of hydrazone groups is 1. The molecule has 0 spiro atoms. The zero-order valence-electron chi connectivity index (χ0n) is 35.8. The average molecular weight is 836 g/mol. The Morgan fingerprint density at radius 1 is 0.967 bits per heavy atom. The third kappa shape index (κ3) is 8.89. The molecule has 6 rings (SSSR count). The molecular formula is C43H57N5O12. The summed E-state index contributed by atoms with van der Waals surface area (Å²) in [6, 6.07) is 0. The lowest BCUT2D eigenvalue weighted by molar-refractivity contribution is -0.160. The van der Waals surface area contributed by atoms with Crippen LogP contribution in [0.5, 0.6) is 11.5 Å². The van der Waals surface area contributed by atoms with Gasteiger partial charge in [0.25, 0.3) is 11.7 Å². The van der Waals surface area contributed by atoms with Gasteiger partial charge in [-0.1, -0.05) is 51.1 Å². The number of rotatable bonds is 4. The summed E-state index contributed by atoms with van der Waals surface area (Å²) in [5.41, 5.74) is -1.75. The van der Waals surface area contributed by atoms with Gasteiger partial charge in [-0.15, -0.1) is 0 Å². The number of hydrogen-bond acceptors (Lipinski definition) is 16. The number of Topliss-reactive ketones (excluding diaryl/α,β-unsaturated/α-hetero) is 2. The van der Waals surface area contributed by atoms with Crippen LogP contribution in [-0.2, 0) is 23.8 Å². The molecule has 17 nitrogen and oxygen atoms in total. The summed E-state index contributed by atoms with van der Waals surface area (Å²) in [5.74, 6) is -8.20. The van der Waals surface area contributed by atoms with Gasteiger partial charge in [-0.25, -0.2) is 0 Å². The van der Waals surface area contributed by atoms with E-state index in [4.69, 9.17) is 18.9 Å². The standard InChI is InChI=1S/C43H57N5O12/c1-21-12-11-13-22(2)42(55)45-33-28(20-44-48-17-15-47(9)16-18-48)37(53)30-31(38(33)54)36(52)26(6)40-32(30)41(46-56)43(8,60-40)58-19-14-29(57-10)23(3)39(59-27(7)49)25(5)35(51)24(4)34(21)50/h11-14,19-21,23-25,29,34-35,39,50-52,56H,15-18H2,1-10H3,(H,45,55)/b12-11+,19-14+,22-13-,44-20+,46-41-/t21-,23+,24+,25+,29-,34-,35+,39+,43-/m0/s1. The number of allylic oxidation sites excluding steroid dienone is 4. The summed E-state index contributed by atoms with van der Waals surface area (Å²) in [6.07, 6.45) is 4.69. The van der Waals surface area contributed by atoms with E-state index in [-0.39, 0.29) is 39.3 Å². The van der Waals surface area contributed by atoms with E-state index in [2.05, 4.69) is 20.5 Å². The number of amides is 1. The smallest absolute Gasteiger partial charge is 0.302 e. The highest BCUT2D eigenvalue weighted by atomic mass is 16.7. The van der Waals surface area contributed by atoms with Crippen molar-refractivity contribution in [1.82, 2.24) is 15.2 Å². The number of methoxy groups -OCH3 is 1. The first-order chi connectivity index (χ1) is 28.3. The Hall–Kier alpha value is -5.36. The number of ether oxygens (including phenoxy) is 4. The van der Waals surface area contributed by atoms with E-state index < -0.39 is 94.3 Å². The third-order valence-electron chi connectivity index (χ3n) is 12.0. The van der Waals surface area contributed by atoms with E-state index >= 15 is 0 Å². The van der Waals surface area contributed by atoms with Gasteiger partial charge in [0.05, 0.1) is 53.1 Å². The quantitative estimate of drug-likeness (QED) is 0.127. The maximum atomic E-state index is 14.8. The Balaban J connectivity index is 1.69. The predicted octanol–water partition coefficient (Wildman–Crippen LogP) is 3.23. The number of hydrogen-bond donors (Lipinski definition) is 5. The van der Waals surface area contributed by atoms with E-state index in [9.17, 15) is 39.7 Å². The molecule has 0 unspecified atom stereocenters.